The van der Waals surface area contributed by atoms with E-state index in [4.69, 9.17) is 4.74 Å². The van der Waals surface area contributed by atoms with Gasteiger partial charge in [-0.25, -0.2) is 4.99 Å². The Hall–Kier alpha value is -2.30. The molecule has 0 saturated heterocycles. The second kappa shape index (κ2) is 4.97. The zero-order valence-electron chi connectivity index (χ0n) is 8.68. The molecule has 16 heavy (non-hydrogen) atoms. The maximum absolute atomic E-state index is 5.35. The molecule has 0 aromatic carbocycles. The lowest BCUT2D eigenvalue weighted by molar-refractivity contribution is 0.323. The molecule has 0 unspecified atom stereocenters. The van der Waals surface area contributed by atoms with Crippen LogP contribution in [0.15, 0.2) is 48.4 Å². The van der Waals surface area contributed by atoms with E-state index in [1.54, 1.807) is 30.7 Å². The molecule has 2 heterocycles. The number of nitrogens with one attached hydrogen (secondary N) is 2. The number of aliphatic imine (C=N–C) groups is 1. The first-order valence-corrected chi connectivity index (χ1v) is 4.82. The number of aromatic nitrogens is 1. The number of pyridine rings is 1. The fourth-order valence-corrected chi connectivity index (χ4v) is 1.27. The van der Waals surface area contributed by atoms with Gasteiger partial charge < -0.3 is 10.2 Å². The highest BCUT2D eigenvalue weighted by molar-refractivity contribution is 6.01. The van der Waals surface area contributed by atoms with Crippen LogP contribution in [0.25, 0.3) is 0 Å². The maximum Gasteiger partial charge on any atom is 0.181 e. The van der Waals surface area contributed by atoms with Gasteiger partial charge in [-0.1, -0.05) is 12.7 Å². The first kappa shape index (κ1) is 10.2. The van der Waals surface area contributed by atoms with E-state index >= 15 is 0 Å². The lowest BCUT2D eigenvalue weighted by Crippen LogP contribution is -2.36. The first-order chi connectivity index (χ1) is 7.92. The number of rotatable bonds is 3. The molecule has 0 atom stereocenters. The summed E-state index contributed by atoms with van der Waals surface area (Å²) in [5.41, 5.74) is 6.68. The molecule has 1 aliphatic rings. The van der Waals surface area contributed by atoms with Crippen LogP contribution in [-0.2, 0) is 0 Å². The molecule has 5 heteroatoms. The molecule has 1 aromatic heterocycles. The minimum absolute atomic E-state index is 0.312. The molecule has 82 valence electrons. The number of allylic oxidation sites excluding steroid dienone is 2. The van der Waals surface area contributed by atoms with E-state index in [9.17, 15) is 0 Å². The summed E-state index contributed by atoms with van der Waals surface area (Å²) in [6, 6.07) is 1.81. The fourth-order valence-electron chi connectivity index (χ4n) is 1.27. The summed E-state index contributed by atoms with van der Waals surface area (Å²) in [6.07, 6.45) is 8.57. The molecule has 5 nitrogen and oxygen atoms in total. The van der Waals surface area contributed by atoms with E-state index in [1.807, 2.05) is 6.07 Å². The third kappa shape index (κ3) is 2.20. The Morgan fingerprint density at radius 3 is 3.31 bits per heavy atom. The molecule has 0 saturated carbocycles. The van der Waals surface area contributed by atoms with Gasteiger partial charge in [0, 0.05) is 18.6 Å². The van der Waals surface area contributed by atoms with Gasteiger partial charge in [0.1, 0.15) is 5.75 Å². The van der Waals surface area contributed by atoms with Crippen molar-refractivity contribution in [2.24, 2.45) is 4.99 Å². The van der Waals surface area contributed by atoms with Crippen LogP contribution in [0.5, 0.6) is 5.75 Å². The summed E-state index contributed by atoms with van der Waals surface area (Å²) in [6.45, 7) is 3.88. The number of hydrazine groups is 1. The van der Waals surface area contributed by atoms with Crippen molar-refractivity contribution in [1.29, 1.82) is 0 Å². The monoisotopic (exact) mass is 216 g/mol. The second-order valence-electron chi connectivity index (χ2n) is 3.02. The van der Waals surface area contributed by atoms with Crippen molar-refractivity contribution in [3.63, 3.8) is 0 Å². The molecule has 1 aliphatic heterocycles. The van der Waals surface area contributed by atoms with Crippen molar-refractivity contribution in [3.05, 3.63) is 49.0 Å². The molecule has 0 radical (unpaired) electrons. The maximum atomic E-state index is 5.35. The van der Waals surface area contributed by atoms with Crippen molar-refractivity contribution < 1.29 is 4.74 Å². The standard InChI is InChI=1S/C11H12N4O/c1-2-3-5-14-15-11-9-7-12-6-4-10(9)16-8-13-11/h2-7,14H,1,8H2,(H,13,15)/b5-3-. The molecule has 0 spiro atoms. The van der Waals surface area contributed by atoms with Gasteiger partial charge in [-0.2, -0.15) is 0 Å². The molecule has 0 amide bonds. The average molecular weight is 216 g/mol. The minimum atomic E-state index is 0.312. The number of fused-ring (bicyclic) bond motifs is 1. The van der Waals surface area contributed by atoms with Crippen molar-refractivity contribution >= 4 is 5.84 Å². The van der Waals surface area contributed by atoms with Gasteiger partial charge in [0.2, 0.25) is 0 Å². The van der Waals surface area contributed by atoms with E-state index in [0.717, 1.165) is 11.3 Å². The van der Waals surface area contributed by atoms with Crippen LogP contribution in [0.1, 0.15) is 5.56 Å². The molecular formula is C11H12N4O. The molecule has 0 fully saturated rings. The quantitative estimate of drug-likeness (QED) is 0.584. The molecule has 0 bridgehead atoms. The summed E-state index contributed by atoms with van der Waals surface area (Å²) in [5, 5.41) is 0. The molecular weight excluding hydrogens is 204 g/mol. The van der Waals surface area contributed by atoms with E-state index in [2.05, 4.69) is 27.4 Å². The average Bonchev–Trinajstić information content (AvgIpc) is 2.35. The van der Waals surface area contributed by atoms with Gasteiger partial charge in [0.25, 0.3) is 0 Å². The highest BCUT2D eigenvalue weighted by Gasteiger charge is 2.14. The van der Waals surface area contributed by atoms with Crippen molar-refractivity contribution in [1.82, 2.24) is 15.8 Å². The Balaban J connectivity index is 2.08. The van der Waals surface area contributed by atoms with Crippen molar-refractivity contribution in [2.75, 3.05) is 6.73 Å². The lowest BCUT2D eigenvalue weighted by Gasteiger charge is -2.17. The number of amidine groups is 1. The van der Waals surface area contributed by atoms with E-state index in [1.165, 1.54) is 0 Å². The van der Waals surface area contributed by atoms with Crippen molar-refractivity contribution in [2.45, 2.75) is 0 Å². The predicted molar refractivity (Wildman–Crippen MR) is 61.9 cm³/mol. The fraction of sp³-hybridized carbons (Fsp3) is 0.0909. The Kier molecular flexibility index (Phi) is 3.18. The smallest absolute Gasteiger partial charge is 0.181 e. The second-order valence-corrected chi connectivity index (χ2v) is 3.02. The normalized spacial score (nSPS) is 13.6. The van der Waals surface area contributed by atoms with Gasteiger partial charge in [0.05, 0.1) is 5.56 Å². The van der Waals surface area contributed by atoms with Crippen LogP contribution in [0.3, 0.4) is 0 Å². The van der Waals surface area contributed by atoms with Crippen molar-refractivity contribution in [3.8, 4) is 5.75 Å². The summed E-state index contributed by atoms with van der Waals surface area (Å²) in [5.74, 6) is 1.49. The zero-order chi connectivity index (χ0) is 11.2. The SMILES string of the molecule is C=C/C=C\NNC1=NCOc2ccncc21. The third-order valence-corrected chi connectivity index (χ3v) is 1.99. The van der Waals surface area contributed by atoms with Crippen LogP contribution in [-0.4, -0.2) is 17.6 Å². The van der Waals surface area contributed by atoms with E-state index in [-0.39, 0.29) is 0 Å². The Bertz CT molecular complexity index is 439. The first-order valence-electron chi connectivity index (χ1n) is 4.82. The number of hydrogen-bond acceptors (Lipinski definition) is 5. The summed E-state index contributed by atoms with van der Waals surface area (Å²) in [7, 11) is 0. The third-order valence-electron chi connectivity index (χ3n) is 1.99. The Labute approximate surface area is 93.5 Å². The number of ether oxygens (including phenoxy) is 1. The zero-order valence-corrected chi connectivity index (χ0v) is 8.68. The minimum Gasteiger partial charge on any atom is -0.470 e. The Morgan fingerprint density at radius 2 is 2.44 bits per heavy atom. The molecule has 0 aliphatic carbocycles. The molecule has 2 rings (SSSR count). The van der Waals surface area contributed by atoms with E-state index < -0.39 is 0 Å². The van der Waals surface area contributed by atoms with Gasteiger partial charge >= 0.3 is 0 Å². The molecule has 1 aromatic rings. The predicted octanol–water partition coefficient (Wildman–Crippen LogP) is 0.972. The molecule has 2 N–H and O–H groups in total. The number of hydrogen-bond donors (Lipinski definition) is 2. The van der Waals surface area contributed by atoms with Gasteiger partial charge in [0.15, 0.2) is 12.6 Å². The van der Waals surface area contributed by atoms with Gasteiger partial charge in [-0.05, 0) is 12.1 Å². The van der Waals surface area contributed by atoms with E-state index in [0.29, 0.717) is 12.6 Å². The number of nitrogens with zero attached hydrogens (tertiary/aromatic N) is 2. The van der Waals surface area contributed by atoms with Crippen LogP contribution in [0, 0.1) is 0 Å². The Morgan fingerprint density at radius 1 is 1.50 bits per heavy atom. The van der Waals surface area contributed by atoms with Crippen LogP contribution < -0.4 is 15.6 Å². The van der Waals surface area contributed by atoms with Crippen LogP contribution in [0.2, 0.25) is 0 Å². The lowest BCUT2D eigenvalue weighted by atomic mass is 10.2. The van der Waals surface area contributed by atoms with Gasteiger partial charge in [-0.15, -0.1) is 0 Å². The highest BCUT2D eigenvalue weighted by atomic mass is 16.5. The largest absolute Gasteiger partial charge is 0.470 e. The van der Waals surface area contributed by atoms with Crippen LogP contribution in [0.4, 0.5) is 0 Å². The topological polar surface area (TPSA) is 58.5 Å². The summed E-state index contributed by atoms with van der Waals surface area (Å²) < 4.78 is 5.35. The highest BCUT2D eigenvalue weighted by Crippen LogP contribution is 2.19. The summed E-state index contributed by atoms with van der Waals surface area (Å²) >= 11 is 0. The summed E-state index contributed by atoms with van der Waals surface area (Å²) in [4.78, 5) is 8.22. The van der Waals surface area contributed by atoms with Crippen LogP contribution >= 0.6 is 0 Å². The van der Waals surface area contributed by atoms with Gasteiger partial charge in [-0.3, -0.25) is 10.4 Å².